The Bertz CT molecular complexity index is 976. The number of ether oxygens (including phenoxy) is 2. The number of hydrogen-bond donors (Lipinski definition) is 1. The van der Waals surface area contributed by atoms with Gasteiger partial charge in [-0.25, -0.2) is 4.90 Å². The van der Waals surface area contributed by atoms with E-state index >= 15 is 0 Å². The third-order valence-corrected chi connectivity index (χ3v) is 5.89. The van der Waals surface area contributed by atoms with Gasteiger partial charge in [0.25, 0.3) is 0 Å². The molecule has 0 unspecified atom stereocenters. The SMILES string of the molecule is COC(=O)[C@]1(C)N[C@H](c2ccccc2OC)[C@@H]2C(=O)N(c3ccccc3)C(=O)[C@@H]21. The summed E-state index contributed by atoms with van der Waals surface area (Å²) in [6.07, 6.45) is 0. The van der Waals surface area contributed by atoms with Gasteiger partial charge in [0.2, 0.25) is 11.8 Å². The highest BCUT2D eigenvalue weighted by Gasteiger charge is 2.67. The summed E-state index contributed by atoms with van der Waals surface area (Å²) in [5, 5.41) is 3.22. The highest BCUT2D eigenvalue weighted by atomic mass is 16.5. The molecule has 2 amide bonds. The Morgan fingerprint density at radius 3 is 2.31 bits per heavy atom. The maximum Gasteiger partial charge on any atom is 0.326 e. The van der Waals surface area contributed by atoms with Crippen LogP contribution in [0.15, 0.2) is 54.6 Å². The van der Waals surface area contributed by atoms with Crippen LogP contribution < -0.4 is 15.0 Å². The van der Waals surface area contributed by atoms with Crippen LogP contribution in [0, 0.1) is 11.8 Å². The summed E-state index contributed by atoms with van der Waals surface area (Å²) in [5.41, 5.74) is -0.141. The van der Waals surface area contributed by atoms with Crippen LogP contribution in [-0.2, 0) is 19.1 Å². The van der Waals surface area contributed by atoms with Crippen LogP contribution in [0.1, 0.15) is 18.5 Å². The molecule has 7 nitrogen and oxygen atoms in total. The Kier molecular flexibility index (Phi) is 4.62. The highest BCUT2D eigenvalue weighted by Crippen LogP contribution is 2.51. The standard InChI is InChI=1S/C22H22N2O5/c1-22(21(27)29-3)17-16(18(23-22)14-11-7-8-12-15(14)28-2)19(25)24(20(17)26)13-9-5-4-6-10-13/h4-12,16-18,23H,1-3H3/t16-,17-,18-,22-/m1/s1. The largest absolute Gasteiger partial charge is 0.496 e. The second kappa shape index (κ2) is 7.00. The lowest BCUT2D eigenvalue weighted by Crippen LogP contribution is -2.54. The third kappa shape index (κ3) is 2.73. The van der Waals surface area contributed by atoms with Gasteiger partial charge in [-0.15, -0.1) is 0 Å². The molecule has 2 aliphatic heterocycles. The number of rotatable bonds is 4. The van der Waals surface area contributed by atoms with Gasteiger partial charge in [-0.3, -0.25) is 19.7 Å². The predicted octanol–water partition coefficient (Wildman–Crippen LogP) is 2.08. The molecule has 2 aromatic rings. The molecule has 2 heterocycles. The number of methoxy groups -OCH3 is 2. The fourth-order valence-electron chi connectivity index (χ4n) is 4.56. The fourth-order valence-corrected chi connectivity index (χ4v) is 4.56. The number of hydrogen-bond acceptors (Lipinski definition) is 6. The van der Waals surface area contributed by atoms with Crippen molar-refractivity contribution in [3.63, 3.8) is 0 Å². The first-order valence-corrected chi connectivity index (χ1v) is 9.36. The quantitative estimate of drug-likeness (QED) is 0.631. The van der Waals surface area contributed by atoms with Crippen LogP contribution in [0.4, 0.5) is 5.69 Å². The molecule has 0 aromatic heterocycles. The minimum atomic E-state index is -1.35. The molecule has 7 heteroatoms. The maximum absolute atomic E-state index is 13.5. The summed E-state index contributed by atoms with van der Waals surface area (Å²) < 4.78 is 10.5. The number of benzene rings is 2. The van der Waals surface area contributed by atoms with Crippen molar-refractivity contribution in [1.29, 1.82) is 0 Å². The van der Waals surface area contributed by atoms with Gasteiger partial charge >= 0.3 is 5.97 Å². The van der Waals surface area contributed by atoms with E-state index in [-0.39, 0.29) is 5.91 Å². The third-order valence-electron chi connectivity index (χ3n) is 5.89. The molecule has 0 saturated carbocycles. The number of carbonyl (C=O) groups is 3. The Hall–Kier alpha value is -3.19. The van der Waals surface area contributed by atoms with Gasteiger partial charge in [0, 0.05) is 11.6 Å². The molecule has 1 N–H and O–H groups in total. The zero-order valence-corrected chi connectivity index (χ0v) is 16.4. The van der Waals surface area contributed by atoms with Gasteiger partial charge in [-0.2, -0.15) is 0 Å². The van der Waals surface area contributed by atoms with Crippen molar-refractivity contribution >= 4 is 23.5 Å². The molecular weight excluding hydrogens is 372 g/mol. The van der Waals surface area contributed by atoms with E-state index in [1.165, 1.54) is 12.0 Å². The van der Waals surface area contributed by atoms with Crippen molar-refractivity contribution in [2.45, 2.75) is 18.5 Å². The van der Waals surface area contributed by atoms with Crippen molar-refractivity contribution in [3.8, 4) is 5.75 Å². The summed E-state index contributed by atoms with van der Waals surface area (Å²) in [5.74, 6) is -2.41. The van der Waals surface area contributed by atoms with Gasteiger partial charge in [0.1, 0.15) is 11.3 Å². The first-order chi connectivity index (χ1) is 13.9. The van der Waals surface area contributed by atoms with Crippen LogP contribution in [0.5, 0.6) is 5.75 Å². The Balaban J connectivity index is 1.86. The molecule has 2 aliphatic rings. The first kappa shape index (κ1) is 19.1. The number of nitrogens with zero attached hydrogens (tertiary/aromatic N) is 1. The second-order valence-electron chi connectivity index (χ2n) is 7.41. The van der Waals surface area contributed by atoms with E-state index in [2.05, 4.69) is 5.32 Å². The van der Waals surface area contributed by atoms with Crippen molar-refractivity contribution in [3.05, 3.63) is 60.2 Å². The molecule has 0 spiro atoms. The van der Waals surface area contributed by atoms with Crippen LogP contribution in [0.25, 0.3) is 0 Å². The minimum absolute atomic E-state index is 0.345. The van der Waals surface area contributed by atoms with E-state index < -0.39 is 35.3 Å². The van der Waals surface area contributed by atoms with E-state index in [1.54, 1.807) is 44.4 Å². The van der Waals surface area contributed by atoms with E-state index in [4.69, 9.17) is 9.47 Å². The molecule has 2 aromatic carbocycles. The molecule has 2 saturated heterocycles. The van der Waals surface area contributed by atoms with Crippen LogP contribution in [-0.4, -0.2) is 37.5 Å². The Morgan fingerprint density at radius 1 is 1.00 bits per heavy atom. The van der Waals surface area contributed by atoms with Gasteiger partial charge < -0.3 is 9.47 Å². The Labute approximate surface area is 168 Å². The summed E-state index contributed by atoms with van der Waals surface area (Å²) in [7, 11) is 2.82. The van der Waals surface area contributed by atoms with Gasteiger partial charge in [-0.05, 0) is 25.1 Å². The summed E-state index contributed by atoms with van der Waals surface area (Å²) in [4.78, 5) is 40.7. The molecule has 0 aliphatic carbocycles. The lowest BCUT2D eigenvalue weighted by atomic mass is 9.80. The zero-order valence-electron chi connectivity index (χ0n) is 16.4. The number of amides is 2. The van der Waals surface area contributed by atoms with Crippen LogP contribution in [0.3, 0.4) is 0 Å². The fraction of sp³-hybridized carbons (Fsp3) is 0.318. The van der Waals surface area contributed by atoms with Gasteiger partial charge in [-0.1, -0.05) is 36.4 Å². The van der Waals surface area contributed by atoms with Crippen molar-refractivity contribution in [2.24, 2.45) is 11.8 Å². The average molecular weight is 394 g/mol. The lowest BCUT2D eigenvalue weighted by molar-refractivity contribution is -0.151. The molecule has 0 bridgehead atoms. The van der Waals surface area contributed by atoms with Crippen molar-refractivity contribution in [1.82, 2.24) is 5.32 Å². The monoisotopic (exact) mass is 394 g/mol. The number of anilines is 1. The lowest BCUT2D eigenvalue weighted by Gasteiger charge is -2.29. The summed E-state index contributed by atoms with van der Waals surface area (Å²) >= 11 is 0. The first-order valence-electron chi connectivity index (χ1n) is 9.36. The second-order valence-corrected chi connectivity index (χ2v) is 7.41. The van der Waals surface area contributed by atoms with E-state index in [0.29, 0.717) is 17.0 Å². The highest BCUT2D eigenvalue weighted by molar-refractivity contribution is 6.24. The number of para-hydroxylation sites is 2. The summed E-state index contributed by atoms with van der Waals surface area (Å²) in [6.45, 7) is 1.62. The number of esters is 1. The number of fused-ring (bicyclic) bond motifs is 1. The molecule has 4 rings (SSSR count). The maximum atomic E-state index is 13.5. The van der Waals surface area contributed by atoms with E-state index in [0.717, 1.165) is 0 Å². The number of carbonyl (C=O) groups excluding carboxylic acids is 3. The molecule has 4 atom stereocenters. The molecule has 29 heavy (non-hydrogen) atoms. The van der Waals surface area contributed by atoms with E-state index in [1.807, 2.05) is 24.3 Å². The summed E-state index contributed by atoms with van der Waals surface area (Å²) in [6, 6.07) is 15.5. The number of imide groups is 1. The topological polar surface area (TPSA) is 84.9 Å². The van der Waals surface area contributed by atoms with Crippen molar-refractivity contribution < 1.29 is 23.9 Å². The predicted molar refractivity (Wildman–Crippen MR) is 105 cm³/mol. The molecule has 150 valence electrons. The van der Waals surface area contributed by atoms with Crippen LogP contribution in [0.2, 0.25) is 0 Å². The molecular formula is C22H22N2O5. The average Bonchev–Trinajstić information content (AvgIpc) is 3.21. The molecule has 2 fully saturated rings. The zero-order chi connectivity index (χ0) is 20.8. The minimum Gasteiger partial charge on any atom is -0.496 e. The smallest absolute Gasteiger partial charge is 0.326 e. The van der Waals surface area contributed by atoms with Gasteiger partial charge in [0.05, 0.1) is 31.7 Å². The number of nitrogens with one attached hydrogen (secondary N) is 1. The van der Waals surface area contributed by atoms with Crippen molar-refractivity contribution in [2.75, 3.05) is 19.1 Å². The molecule has 0 radical (unpaired) electrons. The van der Waals surface area contributed by atoms with Gasteiger partial charge in [0.15, 0.2) is 0 Å². The Morgan fingerprint density at radius 2 is 1.66 bits per heavy atom. The van der Waals surface area contributed by atoms with Crippen LogP contribution >= 0.6 is 0 Å². The van der Waals surface area contributed by atoms with E-state index in [9.17, 15) is 14.4 Å². The normalized spacial score (nSPS) is 28.4.